The normalized spacial score (nSPS) is 24.8. The van der Waals surface area contributed by atoms with Gasteiger partial charge in [0.25, 0.3) is 0 Å². The highest BCUT2D eigenvalue weighted by Gasteiger charge is 2.38. The van der Waals surface area contributed by atoms with Crippen LogP contribution in [-0.2, 0) is 6.54 Å². The molecule has 2 N–H and O–H groups in total. The number of rotatable bonds is 4. The second-order valence-electron chi connectivity index (χ2n) is 7.45. The molecular weight excluding hydrogens is 356 g/mol. The van der Waals surface area contributed by atoms with Crippen LogP contribution in [0.15, 0.2) is 41.8 Å². The SMILES string of the molecule is N#Cc1ccc(NC(=O)NC2CC3CCCC(C2)N3Cc2cccs2)cc1. The van der Waals surface area contributed by atoms with Crippen LogP contribution in [0.5, 0.6) is 0 Å². The zero-order chi connectivity index (χ0) is 18.6. The van der Waals surface area contributed by atoms with Gasteiger partial charge in [0.05, 0.1) is 11.6 Å². The fraction of sp³-hybridized carbons (Fsp3) is 0.429. The molecule has 0 spiro atoms. The van der Waals surface area contributed by atoms with Crippen molar-refractivity contribution in [3.63, 3.8) is 0 Å². The molecule has 5 nitrogen and oxygen atoms in total. The number of hydrogen-bond acceptors (Lipinski definition) is 4. The molecule has 2 amide bonds. The van der Waals surface area contributed by atoms with Crippen LogP contribution in [0.25, 0.3) is 0 Å². The van der Waals surface area contributed by atoms with Crippen LogP contribution in [0.4, 0.5) is 10.5 Å². The Morgan fingerprint density at radius 2 is 1.93 bits per heavy atom. The van der Waals surface area contributed by atoms with Crippen molar-refractivity contribution in [3.8, 4) is 6.07 Å². The number of hydrogen-bond donors (Lipinski definition) is 2. The summed E-state index contributed by atoms with van der Waals surface area (Å²) in [4.78, 5) is 16.5. The van der Waals surface area contributed by atoms with Crippen LogP contribution >= 0.6 is 11.3 Å². The lowest BCUT2D eigenvalue weighted by Crippen LogP contribution is -2.56. The summed E-state index contributed by atoms with van der Waals surface area (Å²) in [5.41, 5.74) is 1.30. The van der Waals surface area contributed by atoms with E-state index in [1.54, 1.807) is 24.3 Å². The Morgan fingerprint density at radius 1 is 1.19 bits per heavy atom. The highest BCUT2D eigenvalue weighted by Crippen LogP contribution is 2.35. The maximum Gasteiger partial charge on any atom is 0.319 e. The maximum atomic E-state index is 12.4. The van der Waals surface area contributed by atoms with Gasteiger partial charge in [0, 0.05) is 35.2 Å². The van der Waals surface area contributed by atoms with E-state index >= 15 is 0 Å². The molecule has 2 fully saturated rings. The smallest absolute Gasteiger partial charge is 0.319 e. The number of carbonyl (C=O) groups excluding carboxylic acids is 1. The summed E-state index contributed by atoms with van der Waals surface area (Å²) in [6, 6.07) is 14.5. The number of nitriles is 1. The first kappa shape index (κ1) is 18.0. The Bertz CT molecular complexity index is 798. The molecule has 2 unspecified atom stereocenters. The van der Waals surface area contributed by atoms with Crippen LogP contribution in [0, 0.1) is 11.3 Å². The van der Waals surface area contributed by atoms with Crippen LogP contribution in [0.3, 0.4) is 0 Å². The molecule has 2 bridgehead atoms. The van der Waals surface area contributed by atoms with Crippen molar-refractivity contribution in [1.82, 2.24) is 10.2 Å². The molecule has 0 aliphatic carbocycles. The van der Waals surface area contributed by atoms with E-state index in [9.17, 15) is 4.79 Å². The van der Waals surface area contributed by atoms with Gasteiger partial charge >= 0.3 is 6.03 Å². The molecule has 2 aromatic rings. The number of benzene rings is 1. The topological polar surface area (TPSA) is 68.2 Å². The first-order valence-electron chi connectivity index (χ1n) is 9.57. The van der Waals surface area contributed by atoms with E-state index < -0.39 is 0 Å². The fourth-order valence-corrected chi connectivity index (χ4v) is 5.13. The summed E-state index contributed by atoms with van der Waals surface area (Å²) < 4.78 is 0. The van der Waals surface area contributed by atoms with E-state index in [1.165, 1.54) is 24.1 Å². The van der Waals surface area contributed by atoms with Gasteiger partial charge in [0.2, 0.25) is 0 Å². The lowest BCUT2D eigenvalue weighted by Gasteiger charge is -2.48. The van der Waals surface area contributed by atoms with Crippen LogP contribution in [0.2, 0.25) is 0 Å². The van der Waals surface area contributed by atoms with Gasteiger partial charge in [0.15, 0.2) is 0 Å². The molecule has 2 atom stereocenters. The van der Waals surface area contributed by atoms with Crippen molar-refractivity contribution in [2.45, 2.75) is 56.8 Å². The molecule has 2 saturated heterocycles. The number of amides is 2. The summed E-state index contributed by atoms with van der Waals surface area (Å²) >= 11 is 1.83. The first-order valence-corrected chi connectivity index (χ1v) is 10.4. The minimum atomic E-state index is -0.158. The molecule has 2 aliphatic heterocycles. The molecule has 140 valence electrons. The quantitative estimate of drug-likeness (QED) is 0.830. The van der Waals surface area contributed by atoms with Gasteiger partial charge in [-0.3, -0.25) is 4.90 Å². The number of nitrogens with one attached hydrogen (secondary N) is 2. The second kappa shape index (κ2) is 8.12. The summed E-state index contributed by atoms with van der Waals surface area (Å²) in [7, 11) is 0. The Morgan fingerprint density at radius 3 is 2.56 bits per heavy atom. The molecule has 3 heterocycles. The lowest BCUT2D eigenvalue weighted by molar-refractivity contribution is 0.0208. The van der Waals surface area contributed by atoms with E-state index in [-0.39, 0.29) is 12.1 Å². The Hall–Kier alpha value is -2.36. The molecule has 1 aromatic carbocycles. The van der Waals surface area contributed by atoms with Crippen LogP contribution in [-0.4, -0.2) is 29.1 Å². The third-order valence-electron chi connectivity index (χ3n) is 5.65. The Balaban J connectivity index is 1.34. The van der Waals surface area contributed by atoms with Crippen molar-refractivity contribution >= 4 is 23.1 Å². The van der Waals surface area contributed by atoms with Gasteiger partial charge in [-0.2, -0.15) is 5.26 Å². The van der Waals surface area contributed by atoms with E-state index in [1.807, 2.05) is 11.3 Å². The third-order valence-corrected chi connectivity index (χ3v) is 6.51. The van der Waals surface area contributed by atoms with Crippen LogP contribution in [0.1, 0.15) is 42.5 Å². The first-order chi connectivity index (χ1) is 13.2. The summed E-state index contributed by atoms with van der Waals surface area (Å²) in [6.45, 7) is 1.04. The molecule has 27 heavy (non-hydrogen) atoms. The van der Waals surface area contributed by atoms with Gasteiger partial charge < -0.3 is 10.6 Å². The van der Waals surface area contributed by atoms with Crippen molar-refractivity contribution in [2.75, 3.05) is 5.32 Å². The molecule has 0 radical (unpaired) electrons. The van der Waals surface area contributed by atoms with E-state index in [0.29, 0.717) is 23.3 Å². The summed E-state index contributed by atoms with van der Waals surface area (Å²) in [5, 5.41) is 17.0. The predicted octanol–water partition coefficient (Wildman–Crippen LogP) is 4.33. The molecule has 0 saturated carbocycles. The number of anilines is 1. The predicted molar refractivity (Wildman–Crippen MR) is 108 cm³/mol. The minimum Gasteiger partial charge on any atom is -0.335 e. The third kappa shape index (κ3) is 4.32. The van der Waals surface area contributed by atoms with E-state index in [4.69, 9.17) is 5.26 Å². The average Bonchev–Trinajstić information content (AvgIpc) is 3.16. The van der Waals surface area contributed by atoms with Crippen molar-refractivity contribution < 1.29 is 4.79 Å². The van der Waals surface area contributed by atoms with Crippen molar-refractivity contribution in [1.29, 1.82) is 5.26 Å². The summed E-state index contributed by atoms with van der Waals surface area (Å²) in [6.07, 6.45) is 5.76. The van der Waals surface area contributed by atoms with Gasteiger partial charge in [-0.25, -0.2) is 4.79 Å². The van der Waals surface area contributed by atoms with E-state index in [0.717, 1.165) is 19.4 Å². The maximum absolute atomic E-state index is 12.4. The second-order valence-corrected chi connectivity index (χ2v) is 8.48. The van der Waals surface area contributed by atoms with Gasteiger partial charge in [-0.05, 0) is 61.4 Å². The number of carbonyl (C=O) groups is 1. The fourth-order valence-electron chi connectivity index (χ4n) is 4.42. The van der Waals surface area contributed by atoms with Crippen molar-refractivity contribution in [3.05, 3.63) is 52.2 Å². The number of thiophene rings is 1. The van der Waals surface area contributed by atoms with Gasteiger partial charge in [-0.15, -0.1) is 11.3 Å². The van der Waals surface area contributed by atoms with E-state index in [2.05, 4.69) is 39.1 Å². The molecular formula is C21H24N4OS. The minimum absolute atomic E-state index is 0.158. The zero-order valence-electron chi connectivity index (χ0n) is 15.2. The van der Waals surface area contributed by atoms with Crippen molar-refractivity contribution in [2.24, 2.45) is 0 Å². The highest BCUT2D eigenvalue weighted by molar-refractivity contribution is 7.09. The van der Waals surface area contributed by atoms with Gasteiger partial charge in [0.1, 0.15) is 0 Å². The molecule has 4 rings (SSSR count). The molecule has 6 heteroatoms. The standard InChI is InChI=1S/C21H24N4OS/c22-13-15-6-8-16(9-7-15)23-21(26)24-17-11-18-3-1-4-19(12-17)25(18)14-20-5-2-10-27-20/h2,5-10,17-19H,1,3-4,11-12,14H2,(H2,23,24,26). The number of piperidine rings is 2. The Kier molecular flexibility index (Phi) is 5.42. The molecule has 1 aromatic heterocycles. The largest absolute Gasteiger partial charge is 0.335 e. The monoisotopic (exact) mass is 380 g/mol. The number of urea groups is 1. The van der Waals surface area contributed by atoms with Gasteiger partial charge in [-0.1, -0.05) is 12.5 Å². The summed E-state index contributed by atoms with van der Waals surface area (Å²) in [5.74, 6) is 0. The number of nitrogens with zero attached hydrogens (tertiary/aromatic N) is 2. The molecule has 2 aliphatic rings. The average molecular weight is 381 g/mol. The lowest BCUT2D eigenvalue weighted by atomic mass is 9.81. The Labute approximate surface area is 164 Å². The number of fused-ring (bicyclic) bond motifs is 2. The van der Waals surface area contributed by atoms with Crippen LogP contribution < -0.4 is 10.6 Å². The zero-order valence-corrected chi connectivity index (χ0v) is 16.0. The highest BCUT2D eigenvalue weighted by atomic mass is 32.1.